The Bertz CT molecular complexity index is 1300. The van der Waals surface area contributed by atoms with E-state index >= 15 is 0 Å². The molecule has 0 aliphatic heterocycles. The van der Waals surface area contributed by atoms with Gasteiger partial charge in [-0.3, -0.25) is 0 Å². The van der Waals surface area contributed by atoms with Crippen LogP contribution < -0.4 is 0 Å². The van der Waals surface area contributed by atoms with E-state index < -0.39 is 0 Å². The number of rotatable bonds is 3. The summed E-state index contributed by atoms with van der Waals surface area (Å²) < 4.78 is 0. The highest BCUT2D eigenvalue weighted by Crippen LogP contribution is 2.22. The van der Waals surface area contributed by atoms with Crippen LogP contribution in [-0.2, 0) is 0 Å². The predicted molar refractivity (Wildman–Crippen MR) is 184 cm³/mol. The maximum atomic E-state index is 2.17. The highest BCUT2D eigenvalue weighted by atomic mass is 14.0. The minimum Gasteiger partial charge on any atom is -0.0587 e. The van der Waals surface area contributed by atoms with Crippen molar-refractivity contribution in [1.82, 2.24) is 0 Å². The molecule has 0 aliphatic carbocycles. The van der Waals surface area contributed by atoms with Crippen molar-refractivity contribution in [1.29, 1.82) is 0 Å². The summed E-state index contributed by atoms with van der Waals surface area (Å²) >= 11 is 0. The summed E-state index contributed by atoms with van der Waals surface area (Å²) in [6.45, 7) is 12.7. The molecule has 0 heteroatoms. The molecule has 0 aromatic heterocycles. The van der Waals surface area contributed by atoms with Crippen LogP contribution in [0, 0.1) is 41.5 Å². The third-order valence-electron chi connectivity index (χ3n) is 7.31. The Labute approximate surface area is 253 Å². The Morgan fingerprint density at radius 1 is 0.167 bits per heavy atom. The summed E-state index contributed by atoms with van der Waals surface area (Å²) in [5.41, 5.74) is 15.6. The Kier molecular flexibility index (Phi) is 10.7. The molecule has 0 fully saturated rings. The minimum absolute atomic E-state index is 1.29. The number of hydrogen-bond acceptors (Lipinski definition) is 0. The smallest absolute Gasteiger partial charge is 0.0184 e. The van der Waals surface area contributed by atoms with E-state index in [-0.39, 0.29) is 0 Å². The molecule has 0 saturated carbocycles. The molecular weight excluding hydrogens is 504 g/mol. The average molecular weight is 547 g/mol. The first-order valence-electron chi connectivity index (χ1n) is 14.7. The average Bonchev–Trinajstić information content (AvgIpc) is 3.01. The van der Waals surface area contributed by atoms with Gasteiger partial charge in [-0.25, -0.2) is 0 Å². The Morgan fingerprint density at radius 3 is 0.357 bits per heavy atom. The third kappa shape index (κ3) is 9.18. The van der Waals surface area contributed by atoms with Gasteiger partial charge in [-0.2, -0.15) is 0 Å². The predicted octanol–water partition coefficient (Wildman–Crippen LogP) is 11.9. The van der Waals surface area contributed by atoms with Gasteiger partial charge in [0, 0.05) is 0 Å². The van der Waals surface area contributed by atoms with Crippen molar-refractivity contribution in [3.63, 3.8) is 0 Å². The van der Waals surface area contributed by atoms with E-state index in [9.17, 15) is 0 Å². The largest absolute Gasteiger partial charge is 0.0587 e. The summed E-state index contributed by atoms with van der Waals surface area (Å²) in [5.74, 6) is 0. The summed E-state index contributed by atoms with van der Waals surface area (Å²) in [7, 11) is 0. The van der Waals surface area contributed by atoms with Crippen molar-refractivity contribution >= 4 is 0 Å². The van der Waals surface area contributed by atoms with Crippen LogP contribution in [0.1, 0.15) is 33.4 Å². The molecule has 0 N–H and O–H groups in total. The first-order valence-corrected chi connectivity index (χ1v) is 14.7. The second-order valence-electron chi connectivity index (χ2n) is 11.2. The summed E-state index contributed by atoms with van der Waals surface area (Å²) in [6.07, 6.45) is 0. The second kappa shape index (κ2) is 14.8. The van der Waals surface area contributed by atoms with Crippen LogP contribution in [-0.4, -0.2) is 0 Å². The van der Waals surface area contributed by atoms with Crippen molar-refractivity contribution in [3.8, 4) is 33.4 Å². The van der Waals surface area contributed by atoms with Crippen LogP contribution >= 0.6 is 0 Å². The van der Waals surface area contributed by atoms with Gasteiger partial charge in [0.25, 0.3) is 0 Å². The van der Waals surface area contributed by atoms with Gasteiger partial charge in [0.05, 0.1) is 0 Å². The Morgan fingerprint density at radius 2 is 0.262 bits per heavy atom. The molecule has 0 spiro atoms. The highest BCUT2D eigenvalue weighted by Gasteiger charge is 1.97. The number of hydrogen-bond donors (Lipinski definition) is 0. The molecule has 0 atom stereocenters. The van der Waals surface area contributed by atoms with Crippen LogP contribution in [0.15, 0.2) is 146 Å². The standard InChI is InChI=1S/3C14H14/c3*1-11-3-7-13(8-4-11)14-9-5-12(2)6-10-14/h3*3-10H,1-2H3. The maximum absolute atomic E-state index is 2.17. The molecule has 0 bridgehead atoms. The molecule has 0 amide bonds. The molecular formula is C42H42. The van der Waals surface area contributed by atoms with Crippen molar-refractivity contribution in [2.24, 2.45) is 0 Å². The van der Waals surface area contributed by atoms with E-state index in [1.54, 1.807) is 0 Å². The van der Waals surface area contributed by atoms with Crippen LogP contribution in [0.5, 0.6) is 0 Å². The van der Waals surface area contributed by atoms with Gasteiger partial charge in [-0.1, -0.05) is 179 Å². The molecule has 210 valence electrons. The maximum Gasteiger partial charge on any atom is -0.0184 e. The zero-order chi connectivity index (χ0) is 29.9. The number of aryl methyl sites for hydroxylation is 6. The SMILES string of the molecule is Cc1ccc(-c2ccc(C)cc2)cc1.Cc1ccc(-c2ccc(C)cc2)cc1.Cc1ccc(-c2ccc(C)cc2)cc1. The van der Waals surface area contributed by atoms with Crippen LogP contribution in [0.4, 0.5) is 0 Å². The lowest BCUT2D eigenvalue weighted by molar-refractivity contribution is 1.45. The van der Waals surface area contributed by atoms with Gasteiger partial charge in [0.1, 0.15) is 0 Å². The Hall–Kier alpha value is -4.68. The van der Waals surface area contributed by atoms with Crippen molar-refractivity contribution in [2.75, 3.05) is 0 Å². The fourth-order valence-electron chi connectivity index (χ4n) is 4.48. The van der Waals surface area contributed by atoms with E-state index in [2.05, 4.69) is 187 Å². The van der Waals surface area contributed by atoms with E-state index in [0.717, 1.165) is 0 Å². The molecule has 42 heavy (non-hydrogen) atoms. The van der Waals surface area contributed by atoms with Gasteiger partial charge in [-0.05, 0) is 74.9 Å². The summed E-state index contributed by atoms with van der Waals surface area (Å²) in [6, 6.07) is 51.8. The normalized spacial score (nSPS) is 10.1. The van der Waals surface area contributed by atoms with Gasteiger partial charge in [0.2, 0.25) is 0 Å². The van der Waals surface area contributed by atoms with Crippen molar-refractivity contribution in [3.05, 3.63) is 179 Å². The van der Waals surface area contributed by atoms with Gasteiger partial charge >= 0.3 is 0 Å². The van der Waals surface area contributed by atoms with Crippen molar-refractivity contribution < 1.29 is 0 Å². The quantitative estimate of drug-likeness (QED) is 0.207. The molecule has 6 rings (SSSR count). The fraction of sp³-hybridized carbons (Fsp3) is 0.143. The number of benzene rings is 6. The third-order valence-corrected chi connectivity index (χ3v) is 7.31. The monoisotopic (exact) mass is 546 g/mol. The molecule has 0 radical (unpaired) electrons. The summed E-state index contributed by atoms with van der Waals surface area (Å²) in [5, 5.41) is 0. The van der Waals surface area contributed by atoms with Crippen LogP contribution in [0.2, 0.25) is 0 Å². The van der Waals surface area contributed by atoms with Gasteiger partial charge in [-0.15, -0.1) is 0 Å². The first-order chi connectivity index (χ1) is 20.3. The van der Waals surface area contributed by atoms with Crippen LogP contribution in [0.25, 0.3) is 33.4 Å². The lowest BCUT2D eigenvalue weighted by Crippen LogP contribution is -1.78. The van der Waals surface area contributed by atoms with E-state index in [1.165, 1.54) is 66.8 Å². The lowest BCUT2D eigenvalue weighted by Gasteiger charge is -2.02. The molecule has 6 aromatic carbocycles. The van der Waals surface area contributed by atoms with Gasteiger partial charge < -0.3 is 0 Å². The molecule has 6 aromatic rings. The van der Waals surface area contributed by atoms with Crippen LogP contribution in [0.3, 0.4) is 0 Å². The zero-order valence-electron chi connectivity index (χ0n) is 25.9. The molecule has 0 aliphatic rings. The molecule has 0 saturated heterocycles. The summed E-state index contributed by atoms with van der Waals surface area (Å²) in [4.78, 5) is 0. The Balaban J connectivity index is 0.000000145. The highest BCUT2D eigenvalue weighted by molar-refractivity contribution is 5.65. The lowest BCUT2D eigenvalue weighted by atomic mass is 10.0. The molecule has 0 nitrogen and oxygen atoms in total. The van der Waals surface area contributed by atoms with Gasteiger partial charge in [0.15, 0.2) is 0 Å². The van der Waals surface area contributed by atoms with E-state index in [4.69, 9.17) is 0 Å². The van der Waals surface area contributed by atoms with E-state index in [1.807, 2.05) is 0 Å². The second-order valence-corrected chi connectivity index (χ2v) is 11.2. The van der Waals surface area contributed by atoms with E-state index in [0.29, 0.717) is 0 Å². The van der Waals surface area contributed by atoms with Crippen molar-refractivity contribution in [2.45, 2.75) is 41.5 Å². The fourth-order valence-corrected chi connectivity index (χ4v) is 4.48. The topological polar surface area (TPSA) is 0 Å². The minimum atomic E-state index is 1.29. The molecule has 0 unspecified atom stereocenters. The first kappa shape index (κ1) is 30.3. The zero-order valence-corrected chi connectivity index (χ0v) is 25.9. The molecule has 0 heterocycles.